The van der Waals surface area contributed by atoms with Crippen molar-refractivity contribution in [3.63, 3.8) is 0 Å². The van der Waals surface area contributed by atoms with E-state index >= 15 is 0 Å². The Morgan fingerprint density at radius 3 is 2.95 bits per heavy atom. The first kappa shape index (κ1) is 15.8. The van der Waals surface area contributed by atoms with Crippen LogP contribution in [-0.2, 0) is 13.2 Å². The fraction of sp³-hybridized carbons (Fsp3) is 0.333. The maximum Gasteiger partial charge on any atom is 0.142 e. The summed E-state index contributed by atoms with van der Waals surface area (Å²) < 4.78 is 7.00. The van der Waals surface area contributed by atoms with Crippen LogP contribution < -0.4 is 10.1 Å². The first-order valence-electron chi connectivity index (χ1n) is 6.54. The van der Waals surface area contributed by atoms with Crippen LogP contribution in [0.3, 0.4) is 0 Å². The van der Waals surface area contributed by atoms with Crippen LogP contribution in [-0.4, -0.2) is 6.54 Å². The number of rotatable bonds is 7. The van der Waals surface area contributed by atoms with Crippen LogP contribution in [0.5, 0.6) is 5.75 Å². The van der Waals surface area contributed by atoms with Crippen molar-refractivity contribution >= 4 is 38.9 Å². The second-order valence-corrected chi connectivity index (χ2v) is 6.74. The van der Waals surface area contributed by atoms with Crippen LogP contribution in [0.4, 0.5) is 0 Å². The van der Waals surface area contributed by atoms with Crippen LogP contribution in [0.15, 0.2) is 34.1 Å². The number of thiophene rings is 1. The van der Waals surface area contributed by atoms with Gasteiger partial charge in [-0.2, -0.15) is 0 Å². The summed E-state index contributed by atoms with van der Waals surface area (Å²) in [5, 5.41) is 6.09. The molecule has 0 radical (unpaired) electrons. The average Bonchev–Trinajstić information content (AvgIpc) is 2.84. The molecular weight excluding hydrogens is 358 g/mol. The summed E-state index contributed by atoms with van der Waals surface area (Å²) in [6.07, 6.45) is 1.11. The van der Waals surface area contributed by atoms with Gasteiger partial charge in [0.2, 0.25) is 0 Å². The van der Waals surface area contributed by atoms with Gasteiger partial charge in [0.25, 0.3) is 0 Å². The van der Waals surface area contributed by atoms with Gasteiger partial charge < -0.3 is 10.1 Å². The topological polar surface area (TPSA) is 21.3 Å². The third-order valence-corrected chi connectivity index (χ3v) is 4.74. The molecule has 1 N–H and O–H groups in total. The zero-order chi connectivity index (χ0) is 14.4. The number of para-hydroxylation sites is 1. The Labute approximate surface area is 137 Å². The Hall–Kier alpha value is -0.550. The smallest absolute Gasteiger partial charge is 0.142 e. The van der Waals surface area contributed by atoms with Crippen molar-refractivity contribution in [3.05, 3.63) is 49.6 Å². The van der Waals surface area contributed by atoms with Gasteiger partial charge in [0, 0.05) is 26.8 Å². The molecule has 0 amide bonds. The lowest BCUT2D eigenvalue weighted by Gasteiger charge is -2.13. The van der Waals surface area contributed by atoms with Crippen molar-refractivity contribution in [3.8, 4) is 5.75 Å². The van der Waals surface area contributed by atoms with Crippen molar-refractivity contribution in [2.24, 2.45) is 0 Å². The van der Waals surface area contributed by atoms with Gasteiger partial charge >= 0.3 is 0 Å². The second-order valence-electron chi connectivity index (χ2n) is 4.42. The van der Waals surface area contributed by atoms with Crippen molar-refractivity contribution in [1.29, 1.82) is 0 Å². The molecule has 0 bridgehead atoms. The van der Waals surface area contributed by atoms with Gasteiger partial charge in [-0.05, 0) is 41.0 Å². The lowest BCUT2D eigenvalue weighted by atomic mass is 10.2. The van der Waals surface area contributed by atoms with E-state index in [4.69, 9.17) is 16.3 Å². The standard InChI is InChI=1S/C15H17BrClNOS/c1-2-6-18-8-11-4-3-5-14(17)15(11)19-9-13-7-12(16)10-20-13/h3-5,7,10,18H,2,6,8-9H2,1H3. The highest BCUT2D eigenvalue weighted by Gasteiger charge is 2.09. The third-order valence-electron chi connectivity index (χ3n) is 2.77. The molecule has 2 rings (SSSR count). The van der Waals surface area contributed by atoms with Crippen molar-refractivity contribution in [2.75, 3.05) is 6.54 Å². The first-order chi connectivity index (χ1) is 9.70. The summed E-state index contributed by atoms with van der Waals surface area (Å²) in [5.74, 6) is 0.780. The molecule has 0 saturated carbocycles. The maximum atomic E-state index is 6.26. The van der Waals surface area contributed by atoms with Gasteiger partial charge in [0.05, 0.1) is 5.02 Å². The Kier molecular flexibility index (Phi) is 6.36. The minimum Gasteiger partial charge on any atom is -0.486 e. The summed E-state index contributed by atoms with van der Waals surface area (Å²) in [6, 6.07) is 7.94. The molecule has 5 heteroatoms. The normalized spacial score (nSPS) is 10.8. The Morgan fingerprint density at radius 1 is 1.40 bits per heavy atom. The zero-order valence-corrected chi connectivity index (χ0v) is 14.4. The molecule has 0 atom stereocenters. The lowest BCUT2D eigenvalue weighted by molar-refractivity contribution is 0.306. The predicted molar refractivity (Wildman–Crippen MR) is 89.8 cm³/mol. The molecule has 2 aromatic rings. The summed E-state index contributed by atoms with van der Waals surface area (Å²) in [7, 11) is 0. The van der Waals surface area contributed by atoms with Gasteiger partial charge in [0.15, 0.2) is 0 Å². The quantitative estimate of drug-likeness (QED) is 0.669. The van der Waals surface area contributed by atoms with Crippen LogP contribution in [0.25, 0.3) is 0 Å². The van der Waals surface area contributed by atoms with Crippen molar-refractivity contribution in [2.45, 2.75) is 26.5 Å². The predicted octanol–water partition coefficient (Wildman–Crippen LogP) is 5.24. The van der Waals surface area contributed by atoms with Gasteiger partial charge in [-0.3, -0.25) is 0 Å². The largest absolute Gasteiger partial charge is 0.486 e. The highest BCUT2D eigenvalue weighted by atomic mass is 79.9. The van der Waals surface area contributed by atoms with Gasteiger partial charge in [-0.25, -0.2) is 0 Å². The highest BCUT2D eigenvalue weighted by Crippen LogP contribution is 2.30. The monoisotopic (exact) mass is 373 g/mol. The Balaban J connectivity index is 2.04. The first-order valence-corrected chi connectivity index (χ1v) is 8.59. The molecule has 1 heterocycles. The molecule has 2 nitrogen and oxygen atoms in total. The Bertz CT molecular complexity index is 559. The van der Waals surface area contributed by atoms with Gasteiger partial charge in [0.1, 0.15) is 12.4 Å². The number of nitrogens with one attached hydrogen (secondary N) is 1. The molecule has 0 aliphatic rings. The molecule has 0 aliphatic carbocycles. The number of hydrogen-bond acceptors (Lipinski definition) is 3. The number of halogens is 2. The van der Waals surface area contributed by atoms with Crippen molar-refractivity contribution in [1.82, 2.24) is 5.32 Å². The van der Waals surface area contributed by atoms with Crippen LogP contribution in [0, 0.1) is 0 Å². The summed E-state index contributed by atoms with van der Waals surface area (Å²) >= 11 is 11.4. The molecule has 108 valence electrons. The molecule has 0 aliphatic heterocycles. The highest BCUT2D eigenvalue weighted by molar-refractivity contribution is 9.10. The van der Waals surface area contributed by atoms with E-state index in [0.29, 0.717) is 11.6 Å². The SMILES string of the molecule is CCCNCc1cccc(Cl)c1OCc1cc(Br)cs1. The average molecular weight is 375 g/mol. The summed E-state index contributed by atoms with van der Waals surface area (Å²) in [6.45, 7) is 4.46. The van der Waals surface area contributed by atoms with E-state index < -0.39 is 0 Å². The van der Waals surface area contributed by atoms with Crippen molar-refractivity contribution < 1.29 is 4.74 Å². The molecule has 0 saturated heterocycles. The summed E-state index contributed by atoms with van der Waals surface area (Å²) in [5.41, 5.74) is 1.10. The molecule has 0 fully saturated rings. The zero-order valence-electron chi connectivity index (χ0n) is 11.3. The molecule has 20 heavy (non-hydrogen) atoms. The molecule has 1 aromatic heterocycles. The Morgan fingerprint density at radius 2 is 2.25 bits per heavy atom. The maximum absolute atomic E-state index is 6.26. The van der Waals surface area contributed by atoms with Crippen LogP contribution in [0.2, 0.25) is 5.02 Å². The minimum absolute atomic E-state index is 0.542. The second kappa shape index (κ2) is 8.03. The molecule has 0 unspecified atom stereocenters. The van der Waals surface area contributed by atoms with E-state index in [1.807, 2.05) is 18.2 Å². The fourth-order valence-corrected chi connectivity index (χ4v) is 3.44. The van der Waals surface area contributed by atoms with Crippen LogP contribution in [0.1, 0.15) is 23.8 Å². The van der Waals surface area contributed by atoms with Gasteiger partial charge in [-0.15, -0.1) is 11.3 Å². The van der Waals surface area contributed by atoms with E-state index in [9.17, 15) is 0 Å². The number of benzene rings is 1. The summed E-state index contributed by atoms with van der Waals surface area (Å²) in [4.78, 5) is 1.17. The lowest BCUT2D eigenvalue weighted by Crippen LogP contribution is -2.14. The molecular formula is C15H17BrClNOS. The fourth-order valence-electron chi connectivity index (χ4n) is 1.83. The van der Waals surface area contributed by atoms with E-state index in [-0.39, 0.29) is 0 Å². The molecule has 1 aromatic carbocycles. The minimum atomic E-state index is 0.542. The van der Waals surface area contributed by atoms with E-state index in [1.54, 1.807) is 11.3 Å². The number of ether oxygens (including phenoxy) is 1. The van der Waals surface area contributed by atoms with Crippen LogP contribution >= 0.6 is 38.9 Å². The van der Waals surface area contributed by atoms with E-state index in [2.05, 4.69) is 39.6 Å². The third kappa shape index (κ3) is 4.48. The van der Waals surface area contributed by atoms with E-state index in [0.717, 1.165) is 35.3 Å². The number of hydrogen-bond donors (Lipinski definition) is 1. The van der Waals surface area contributed by atoms with E-state index in [1.165, 1.54) is 4.88 Å². The molecule has 0 spiro atoms. The van der Waals surface area contributed by atoms with Gasteiger partial charge in [-0.1, -0.05) is 30.7 Å².